The molecule has 1 aliphatic carbocycles. The van der Waals surface area contributed by atoms with Crippen molar-refractivity contribution in [3.63, 3.8) is 0 Å². The number of hydrogen-bond donors (Lipinski definition) is 0. The molecule has 1 atom stereocenters. The monoisotopic (exact) mass is 265 g/mol. The highest BCUT2D eigenvalue weighted by Gasteiger charge is 2.44. The molecule has 2 saturated heterocycles. The molecule has 3 heteroatoms. The first-order valence-electron chi connectivity index (χ1n) is 7.93. The van der Waals surface area contributed by atoms with E-state index in [1.165, 1.54) is 32.1 Å². The van der Waals surface area contributed by atoms with Crippen molar-refractivity contribution in [3.8, 4) is 0 Å². The Bertz CT molecular complexity index is 358. The third-order valence-corrected chi connectivity index (χ3v) is 5.46. The van der Waals surface area contributed by atoms with Gasteiger partial charge in [-0.05, 0) is 51.4 Å². The Morgan fingerprint density at radius 2 is 1.95 bits per heavy atom. The fraction of sp³-hybridized carbons (Fsp3) is 0.938. The summed E-state index contributed by atoms with van der Waals surface area (Å²) in [7, 11) is 0. The molecule has 1 amide bonds. The van der Waals surface area contributed by atoms with Crippen molar-refractivity contribution in [1.29, 1.82) is 0 Å². The minimum absolute atomic E-state index is 0.122. The van der Waals surface area contributed by atoms with Crippen molar-refractivity contribution in [3.05, 3.63) is 0 Å². The zero-order valence-electron chi connectivity index (χ0n) is 12.4. The number of nitrogens with zero attached hydrogens (tertiary/aromatic N) is 1. The zero-order chi connectivity index (χ0) is 13.5. The minimum atomic E-state index is -0.122. The van der Waals surface area contributed by atoms with Crippen LogP contribution in [0.2, 0.25) is 0 Å². The first-order chi connectivity index (χ1) is 9.00. The van der Waals surface area contributed by atoms with Crippen molar-refractivity contribution in [1.82, 2.24) is 4.90 Å². The van der Waals surface area contributed by atoms with Gasteiger partial charge in [-0.15, -0.1) is 0 Å². The zero-order valence-corrected chi connectivity index (χ0v) is 12.4. The number of likely N-dealkylation sites (tertiary alicyclic amines) is 1. The second kappa shape index (κ2) is 4.76. The molecular formula is C16H27NO2. The van der Waals surface area contributed by atoms with E-state index in [0.29, 0.717) is 11.3 Å². The van der Waals surface area contributed by atoms with E-state index in [-0.39, 0.29) is 11.5 Å². The summed E-state index contributed by atoms with van der Waals surface area (Å²) >= 11 is 0. The van der Waals surface area contributed by atoms with Crippen molar-refractivity contribution < 1.29 is 9.53 Å². The molecule has 2 aliphatic heterocycles. The molecule has 0 bridgehead atoms. The van der Waals surface area contributed by atoms with Gasteiger partial charge in [0, 0.05) is 25.6 Å². The summed E-state index contributed by atoms with van der Waals surface area (Å²) in [6.07, 6.45) is 8.46. The molecule has 3 fully saturated rings. The summed E-state index contributed by atoms with van der Waals surface area (Å²) in [4.78, 5) is 14.9. The average Bonchev–Trinajstić information content (AvgIpc) is 2.98. The third kappa shape index (κ3) is 2.67. The second-order valence-electron chi connectivity index (χ2n) is 7.51. The minimum Gasteiger partial charge on any atom is -0.376 e. The molecule has 108 valence electrons. The number of hydrogen-bond acceptors (Lipinski definition) is 2. The summed E-state index contributed by atoms with van der Waals surface area (Å²) < 4.78 is 5.73. The SMILES string of the molecule is CC1(C)CC(C(=O)N2CCC3(CCCC3)C2)CCO1. The molecular weight excluding hydrogens is 238 g/mol. The van der Waals surface area contributed by atoms with E-state index < -0.39 is 0 Å². The maximum Gasteiger partial charge on any atom is 0.225 e. The standard InChI is InChI=1S/C16H27NO2/c1-15(2)11-13(5-10-19-15)14(18)17-9-8-16(12-17)6-3-4-7-16/h13H,3-12H2,1-2H3. The molecule has 0 N–H and O–H groups in total. The number of carbonyl (C=O) groups excluding carboxylic acids is 1. The molecule has 3 rings (SSSR count). The normalized spacial score (nSPS) is 32.9. The van der Waals surface area contributed by atoms with E-state index in [1.807, 2.05) is 0 Å². The molecule has 0 aromatic heterocycles. The first-order valence-corrected chi connectivity index (χ1v) is 7.93. The van der Waals surface area contributed by atoms with Crippen LogP contribution in [0.4, 0.5) is 0 Å². The van der Waals surface area contributed by atoms with Crippen LogP contribution in [0, 0.1) is 11.3 Å². The lowest BCUT2D eigenvalue weighted by Crippen LogP contribution is -2.43. The largest absolute Gasteiger partial charge is 0.376 e. The second-order valence-corrected chi connectivity index (χ2v) is 7.51. The van der Waals surface area contributed by atoms with Crippen LogP contribution in [0.3, 0.4) is 0 Å². The van der Waals surface area contributed by atoms with Crippen molar-refractivity contribution >= 4 is 5.91 Å². The molecule has 1 unspecified atom stereocenters. The lowest BCUT2D eigenvalue weighted by molar-refractivity contribution is -0.144. The Morgan fingerprint density at radius 3 is 2.63 bits per heavy atom. The van der Waals surface area contributed by atoms with Gasteiger partial charge in [-0.3, -0.25) is 4.79 Å². The number of amides is 1. The van der Waals surface area contributed by atoms with Crippen LogP contribution in [0.5, 0.6) is 0 Å². The summed E-state index contributed by atoms with van der Waals surface area (Å²) in [5.41, 5.74) is 0.375. The summed E-state index contributed by atoms with van der Waals surface area (Å²) in [5.74, 6) is 0.598. The lowest BCUT2D eigenvalue weighted by atomic mass is 9.85. The Balaban J connectivity index is 1.62. The van der Waals surface area contributed by atoms with E-state index in [9.17, 15) is 4.79 Å². The Hall–Kier alpha value is -0.570. The fourth-order valence-electron chi connectivity index (χ4n) is 4.36. The van der Waals surface area contributed by atoms with E-state index in [2.05, 4.69) is 18.7 Å². The Labute approximate surface area is 116 Å². The van der Waals surface area contributed by atoms with Gasteiger partial charge >= 0.3 is 0 Å². The van der Waals surface area contributed by atoms with Crippen LogP contribution in [-0.2, 0) is 9.53 Å². The van der Waals surface area contributed by atoms with Crippen LogP contribution in [-0.4, -0.2) is 36.1 Å². The van der Waals surface area contributed by atoms with Crippen LogP contribution in [0.25, 0.3) is 0 Å². The molecule has 1 saturated carbocycles. The quantitative estimate of drug-likeness (QED) is 0.729. The number of carbonyl (C=O) groups is 1. The average molecular weight is 265 g/mol. The molecule has 0 aromatic carbocycles. The summed E-state index contributed by atoms with van der Waals surface area (Å²) in [6.45, 7) is 6.98. The third-order valence-electron chi connectivity index (χ3n) is 5.46. The smallest absolute Gasteiger partial charge is 0.225 e. The lowest BCUT2D eigenvalue weighted by Gasteiger charge is -2.36. The maximum atomic E-state index is 12.7. The van der Waals surface area contributed by atoms with Crippen molar-refractivity contribution in [2.45, 2.75) is 64.4 Å². The molecule has 3 nitrogen and oxygen atoms in total. The van der Waals surface area contributed by atoms with Crippen LogP contribution < -0.4 is 0 Å². The number of rotatable bonds is 1. The topological polar surface area (TPSA) is 29.5 Å². The van der Waals surface area contributed by atoms with Crippen LogP contribution in [0.1, 0.15) is 58.8 Å². The highest BCUT2D eigenvalue weighted by atomic mass is 16.5. The van der Waals surface area contributed by atoms with Gasteiger partial charge in [0.1, 0.15) is 0 Å². The van der Waals surface area contributed by atoms with Crippen LogP contribution in [0.15, 0.2) is 0 Å². The molecule has 0 radical (unpaired) electrons. The van der Waals surface area contributed by atoms with Gasteiger partial charge in [-0.25, -0.2) is 0 Å². The molecule has 2 heterocycles. The fourth-order valence-corrected chi connectivity index (χ4v) is 4.36. The van der Waals surface area contributed by atoms with Gasteiger partial charge in [-0.1, -0.05) is 12.8 Å². The predicted octanol–water partition coefficient (Wildman–Crippen LogP) is 2.98. The molecule has 3 aliphatic rings. The maximum absolute atomic E-state index is 12.7. The van der Waals surface area contributed by atoms with Gasteiger partial charge in [0.2, 0.25) is 5.91 Å². The highest BCUT2D eigenvalue weighted by molar-refractivity contribution is 5.79. The van der Waals surface area contributed by atoms with Crippen molar-refractivity contribution in [2.24, 2.45) is 11.3 Å². The Morgan fingerprint density at radius 1 is 1.21 bits per heavy atom. The molecule has 1 spiro atoms. The van der Waals surface area contributed by atoms with Gasteiger partial charge < -0.3 is 9.64 Å². The van der Waals surface area contributed by atoms with E-state index in [4.69, 9.17) is 4.74 Å². The highest BCUT2D eigenvalue weighted by Crippen LogP contribution is 2.46. The predicted molar refractivity (Wildman–Crippen MR) is 74.9 cm³/mol. The van der Waals surface area contributed by atoms with E-state index in [1.54, 1.807) is 0 Å². The van der Waals surface area contributed by atoms with Crippen LogP contribution >= 0.6 is 0 Å². The number of ether oxygens (including phenoxy) is 1. The molecule has 0 aromatic rings. The summed E-state index contributed by atoms with van der Waals surface area (Å²) in [5, 5.41) is 0. The first kappa shape index (κ1) is 13.4. The van der Waals surface area contributed by atoms with Crippen molar-refractivity contribution in [2.75, 3.05) is 19.7 Å². The Kier molecular flexibility index (Phi) is 3.36. The van der Waals surface area contributed by atoms with Gasteiger partial charge in [0.15, 0.2) is 0 Å². The van der Waals surface area contributed by atoms with Gasteiger partial charge in [0.25, 0.3) is 0 Å². The van der Waals surface area contributed by atoms with E-state index >= 15 is 0 Å². The van der Waals surface area contributed by atoms with Gasteiger partial charge in [0.05, 0.1) is 5.60 Å². The van der Waals surface area contributed by atoms with Gasteiger partial charge in [-0.2, -0.15) is 0 Å². The molecule has 19 heavy (non-hydrogen) atoms. The van der Waals surface area contributed by atoms with E-state index in [0.717, 1.165) is 32.5 Å². The summed E-state index contributed by atoms with van der Waals surface area (Å²) in [6, 6.07) is 0.